The fraction of sp³-hybridized carbons (Fsp3) is 0.348. The number of benzene rings is 2. The van der Waals surface area contributed by atoms with Crippen molar-refractivity contribution >= 4 is 11.6 Å². The molecule has 1 aliphatic carbocycles. The molecule has 0 radical (unpaired) electrons. The molecule has 1 heterocycles. The number of anilines is 1. The van der Waals surface area contributed by atoms with Crippen LogP contribution < -0.4 is 10.6 Å². The number of aryl methyl sites for hydroxylation is 1. The molecule has 2 N–H and O–H groups in total. The highest BCUT2D eigenvalue weighted by Gasteiger charge is 2.38. The second kappa shape index (κ2) is 7.57. The largest absolute Gasteiger partial charge is 0.383 e. The van der Waals surface area contributed by atoms with Gasteiger partial charge in [0.05, 0.1) is 12.6 Å². The van der Waals surface area contributed by atoms with E-state index in [0.29, 0.717) is 36.6 Å². The standard InChI is InChI=1S/C23H26N2O2/c1-15-6-8-16(9-7-15)22-19-5-3-4-18(19)20-14-17(10-11-21(20)25-22)23(26)24-12-13-27-2/h3-4,6-11,14,18-19,22,25H,5,12-13H2,1-2H3,(H,24,26). The smallest absolute Gasteiger partial charge is 0.251 e. The van der Waals surface area contributed by atoms with Crippen molar-refractivity contribution in [1.82, 2.24) is 5.32 Å². The van der Waals surface area contributed by atoms with Crippen molar-refractivity contribution in [3.8, 4) is 0 Å². The molecule has 1 aliphatic heterocycles. The summed E-state index contributed by atoms with van der Waals surface area (Å²) >= 11 is 0. The second-order valence-electron chi connectivity index (χ2n) is 7.44. The molecule has 3 unspecified atom stereocenters. The summed E-state index contributed by atoms with van der Waals surface area (Å²) in [5.74, 6) is 0.778. The fourth-order valence-electron chi connectivity index (χ4n) is 4.21. The van der Waals surface area contributed by atoms with Crippen LogP contribution in [0, 0.1) is 12.8 Å². The summed E-state index contributed by atoms with van der Waals surface area (Å²) in [6.45, 7) is 3.16. The summed E-state index contributed by atoms with van der Waals surface area (Å²) in [7, 11) is 1.63. The van der Waals surface area contributed by atoms with Crippen molar-refractivity contribution in [2.45, 2.75) is 25.3 Å². The van der Waals surface area contributed by atoms with Gasteiger partial charge in [-0.05, 0) is 48.6 Å². The summed E-state index contributed by atoms with van der Waals surface area (Å²) in [6, 6.07) is 15.1. The second-order valence-corrected chi connectivity index (χ2v) is 7.44. The van der Waals surface area contributed by atoms with Gasteiger partial charge in [-0.25, -0.2) is 0 Å². The molecule has 27 heavy (non-hydrogen) atoms. The lowest BCUT2D eigenvalue weighted by Gasteiger charge is -2.37. The number of hydrogen-bond acceptors (Lipinski definition) is 3. The number of hydrogen-bond donors (Lipinski definition) is 2. The third-order valence-electron chi connectivity index (χ3n) is 5.65. The molecule has 3 atom stereocenters. The van der Waals surface area contributed by atoms with Crippen LogP contribution in [0.3, 0.4) is 0 Å². The van der Waals surface area contributed by atoms with Crippen LogP contribution >= 0.6 is 0 Å². The Kier molecular flexibility index (Phi) is 4.99. The average Bonchev–Trinajstić information content (AvgIpc) is 3.18. The summed E-state index contributed by atoms with van der Waals surface area (Å²) in [5.41, 5.74) is 5.66. The molecule has 0 saturated carbocycles. The first-order chi connectivity index (χ1) is 13.2. The highest BCUT2D eigenvalue weighted by molar-refractivity contribution is 5.95. The molecule has 140 valence electrons. The number of nitrogens with one attached hydrogen (secondary N) is 2. The monoisotopic (exact) mass is 362 g/mol. The molecule has 0 spiro atoms. The average molecular weight is 362 g/mol. The lowest BCUT2D eigenvalue weighted by molar-refractivity contribution is 0.0937. The Morgan fingerprint density at radius 2 is 2.04 bits per heavy atom. The van der Waals surface area contributed by atoms with E-state index in [4.69, 9.17) is 4.74 Å². The van der Waals surface area contributed by atoms with Gasteiger partial charge in [-0.1, -0.05) is 42.0 Å². The number of rotatable bonds is 5. The third kappa shape index (κ3) is 3.50. The van der Waals surface area contributed by atoms with Crippen LogP contribution in [-0.2, 0) is 4.74 Å². The lowest BCUT2D eigenvalue weighted by atomic mass is 9.76. The van der Waals surface area contributed by atoms with Crippen molar-refractivity contribution in [2.24, 2.45) is 5.92 Å². The molecule has 0 aromatic heterocycles. The van der Waals surface area contributed by atoms with E-state index in [0.717, 1.165) is 12.1 Å². The Morgan fingerprint density at radius 3 is 2.81 bits per heavy atom. The zero-order valence-corrected chi connectivity index (χ0v) is 15.9. The van der Waals surface area contributed by atoms with Crippen molar-refractivity contribution in [1.29, 1.82) is 0 Å². The van der Waals surface area contributed by atoms with Gasteiger partial charge in [-0.2, -0.15) is 0 Å². The molecular weight excluding hydrogens is 336 g/mol. The molecule has 4 heteroatoms. The summed E-state index contributed by atoms with van der Waals surface area (Å²) < 4.78 is 5.00. The van der Waals surface area contributed by atoms with Crippen molar-refractivity contribution in [3.63, 3.8) is 0 Å². The number of allylic oxidation sites excluding steroid dienone is 2. The maximum Gasteiger partial charge on any atom is 0.251 e. The van der Waals surface area contributed by atoms with E-state index in [1.807, 2.05) is 18.2 Å². The van der Waals surface area contributed by atoms with E-state index < -0.39 is 0 Å². The number of carbonyl (C=O) groups excluding carboxylic acids is 1. The molecule has 0 bridgehead atoms. The first-order valence-electron chi connectivity index (χ1n) is 9.58. The van der Waals surface area contributed by atoms with E-state index in [9.17, 15) is 4.79 Å². The normalized spacial score (nSPS) is 22.7. The van der Waals surface area contributed by atoms with Crippen LogP contribution in [0.2, 0.25) is 0 Å². The minimum absolute atomic E-state index is 0.0472. The number of amides is 1. The maximum atomic E-state index is 12.4. The summed E-state index contributed by atoms with van der Waals surface area (Å²) in [6.07, 6.45) is 5.64. The van der Waals surface area contributed by atoms with Gasteiger partial charge < -0.3 is 15.4 Å². The van der Waals surface area contributed by atoms with E-state index >= 15 is 0 Å². The van der Waals surface area contributed by atoms with Crippen LogP contribution in [-0.4, -0.2) is 26.2 Å². The number of ether oxygens (including phenoxy) is 1. The predicted octanol–water partition coefficient (Wildman–Crippen LogP) is 4.20. The summed E-state index contributed by atoms with van der Waals surface area (Å²) in [5, 5.41) is 6.63. The van der Waals surface area contributed by atoms with E-state index in [-0.39, 0.29) is 5.91 Å². The maximum absolute atomic E-state index is 12.4. The van der Waals surface area contributed by atoms with Gasteiger partial charge in [0.25, 0.3) is 5.91 Å². The SMILES string of the molecule is COCCNC(=O)c1ccc2c(c1)C1C=CCC1C(c1ccc(C)cc1)N2. The molecule has 0 saturated heterocycles. The van der Waals surface area contributed by atoms with Gasteiger partial charge in [0, 0.05) is 30.8 Å². The Morgan fingerprint density at radius 1 is 1.22 bits per heavy atom. The van der Waals surface area contributed by atoms with Crippen molar-refractivity contribution in [3.05, 3.63) is 76.9 Å². The van der Waals surface area contributed by atoms with Crippen LogP contribution in [0.25, 0.3) is 0 Å². The highest BCUT2D eigenvalue weighted by atomic mass is 16.5. The third-order valence-corrected chi connectivity index (χ3v) is 5.65. The molecule has 2 aliphatic rings. The van der Waals surface area contributed by atoms with E-state index in [1.165, 1.54) is 16.7 Å². The fourth-order valence-corrected chi connectivity index (χ4v) is 4.21. The molecular formula is C23H26N2O2. The lowest BCUT2D eigenvalue weighted by Crippen LogP contribution is -2.30. The van der Waals surface area contributed by atoms with Crippen molar-refractivity contribution < 1.29 is 9.53 Å². The Balaban J connectivity index is 1.61. The van der Waals surface area contributed by atoms with Crippen LogP contribution in [0.4, 0.5) is 5.69 Å². The Hall–Kier alpha value is -2.59. The number of methoxy groups -OCH3 is 1. The van der Waals surface area contributed by atoms with Gasteiger partial charge in [0.2, 0.25) is 0 Å². The molecule has 4 rings (SSSR count). The first kappa shape index (κ1) is 17.8. The molecule has 2 aromatic rings. The van der Waals surface area contributed by atoms with Crippen LogP contribution in [0.5, 0.6) is 0 Å². The zero-order chi connectivity index (χ0) is 18.8. The molecule has 2 aromatic carbocycles. The number of carbonyl (C=O) groups is 1. The molecule has 1 amide bonds. The molecule has 0 fully saturated rings. The minimum Gasteiger partial charge on any atom is -0.383 e. The minimum atomic E-state index is -0.0472. The summed E-state index contributed by atoms with van der Waals surface area (Å²) in [4.78, 5) is 12.4. The topological polar surface area (TPSA) is 50.4 Å². The van der Waals surface area contributed by atoms with Gasteiger partial charge in [0.15, 0.2) is 0 Å². The zero-order valence-electron chi connectivity index (χ0n) is 15.9. The quantitative estimate of drug-likeness (QED) is 0.619. The van der Waals surface area contributed by atoms with E-state index in [2.05, 4.69) is 54.0 Å². The van der Waals surface area contributed by atoms with Crippen LogP contribution in [0.15, 0.2) is 54.6 Å². The Labute approximate surface area is 160 Å². The Bertz CT molecular complexity index is 857. The van der Waals surface area contributed by atoms with Gasteiger partial charge in [-0.3, -0.25) is 4.79 Å². The van der Waals surface area contributed by atoms with E-state index in [1.54, 1.807) is 7.11 Å². The highest BCUT2D eigenvalue weighted by Crippen LogP contribution is 2.49. The van der Waals surface area contributed by atoms with Crippen LogP contribution in [0.1, 0.15) is 45.4 Å². The predicted molar refractivity (Wildman–Crippen MR) is 108 cm³/mol. The van der Waals surface area contributed by atoms with Gasteiger partial charge >= 0.3 is 0 Å². The van der Waals surface area contributed by atoms with Gasteiger partial charge in [0.1, 0.15) is 0 Å². The molecule has 4 nitrogen and oxygen atoms in total. The van der Waals surface area contributed by atoms with Crippen molar-refractivity contribution in [2.75, 3.05) is 25.6 Å². The number of fused-ring (bicyclic) bond motifs is 3. The van der Waals surface area contributed by atoms with Gasteiger partial charge in [-0.15, -0.1) is 0 Å². The first-order valence-corrected chi connectivity index (χ1v) is 9.58.